The lowest BCUT2D eigenvalue weighted by Gasteiger charge is -2.19. The van der Waals surface area contributed by atoms with Crippen LogP contribution < -0.4 is 9.62 Å². The van der Waals surface area contributed by atoms with E-state index in [0.29, 0.717) is 0 Å². The summed E-state index contributed by atoms with van der Waals surface area (Å²) in [4.78, 5) is 6.43. The van der Waals surface area contributed by atoms with Gasteiger partial charge in [-0.25, -0.2) is 13.4 Å². The van der Waals surface area contributed by atoms with E-state index in [9.17, 15) is 8.42 Å². The molecule has 2 aromatic carbocycles. The lowest BCUT2D eigenvalue weighted by molar-refractivity contribution is 0.601. The van der Waals surface area contributed by atoms with Crippen LogP contribution in [0.5, 0.6) is 0 Å². The fraction of sp³-hybridized carbons (Fsp3) is 0.105. The van der Waals surface area contributed by atoms with Gasteiger partial charge in [0.05, 0.1) is 16.8 Å². The van der Waals surface area contributed by atoms with Crippen molar-refractivity contribution in [3.8, 4) is 0 Å². The Balaban J connectivity index is 1.79. The second-order valence-electron chi connectivity index (χ2n) is 5.72. The highest BCUT2D eigenvalue weighted by molar-refractivity contribution is 7.92. The molecule has 0 amide bonds. The van der Waals surface area contributed by atoms with E-state index in [1.165, 1.54) is 0 Å². The molecule has 0 bridgehead atoms. The highest BCUT2D eigenvalue weighted by Gasteiger charge is 2.15. The zero-order valence-electron chi connectivity index (χ0n) is 14.0. The predicted octanol–water partition coefficient (Wildman–Crippen LogP) is 3.96. The van der Waals surface area contributed by atoms with Gasteiger partial charge < -0.3 is 4.90 Å². The highest BCUT2D eigenvalue weighted by Crippen LogP contribution is 2.24. The molecular formula is C19H19N3O2S. The molecule has 0 fully saturated rings. The molecule has 0 aliphatic rings. The number of benzene rings is 2. The Morgan fingerprint density at radius 1 is 0.920 bits per heavy atom. The second kappa shape index (κ2) is 6.94. The summed E-state index contributed by atoms with van der Waals surface area (Å²) in [5, 5.41) is 0. The van der Waals surface area contributed by atoms with Gasteiger partial charge in [0.15, 0.2) is 0 Å². The van der Waals surface area contributed by atoms with Gasteiger partial charge >= 0.3 is 0 Å². The molecule has 25 heavy (non-hydrogen) atoms. The molecule has 0 saturated heterocycles. The summed E-state index contributed by atoms with van der Waals surface area (Å²) in [6, 6.07) is 20.1. The number of anilines is 3. The average molecular weight is 353 g/mol. The highest BCUT2D eigenvalue weighted by atomic mass is 32.2. The number of pyridine rings is 1. The van der Waals surface area contributed by atoms with E-state index in [-0.39, 0.29) is 10.7 Å². The van der Waals surface area contributed by atoms with E-state index < -0.39 is 10.0 Å². The summed E-state index contributed by atoms with van der Waals surface area (Å²) in [5.74, 6) is 0.284. The van der Waals surface area contributed by atoms with Gasteiger partial charge in [0.2, 0.25) is 0 Å². The third-order valence-electron chi connectivity index (χ3n) is 3.82. The molecule has 0 unspecified atom stereocenters. The number of nitrogens with zero attached hydrogens (tertiary/aromatic N) is 2. The van der Waals surface area contributed by atoms with Gasteiger partial charge in [-0.05, 0) is 48.9 Å². The maximum atomic E-state index is 12.4. The molecule has 5 nitrogen and oxygen atoms in total. The van der Waals surface area contributed by atoms with Gasteiger partial charge in [-0.1, -0.05) is 30.3 Å². The largest absolute Gasteiger partial charge is 0.343 e. The molecule has 0 atom stereocenters. The van der Waals surface area contributed by atoms with Gasteiger partial charge in [0, 0.05) is 12.7 Å². The van der Waals surface area contributed by atoms with Crippen molar-refractivity contribution in [3.63, 3.8) is 0 Å². The first kappa shape index (κ1) is 17.0. The number of aryl methyl sites for hydroxylation is 1. The van der Waals surface area contributed by atoms with Crippen LogP contribution in [0.15, 0.2) is 77.8 Å². The summed E-state index contributed by atoms with van der Waals surface area (Å²) in [6.45, 7) is 1.85. The van der Waals surface area contributed by atoms with Gasteiger partial charge in [-0.2, -0.15) is 0 Å². The van der Waals surface area contributed by atoms with Crippen molar-refractivity contribution >= 4 is 27.2 Å². The van der Waals surface area contributed by atoms with Gasteiger partial charge in [-0.3, -0.25) is 4.72 Å². The van der Waals surface area contributed by atoms with E-state index in [0.717, 1.165) is 16.9 Å². The Morgan fingerprint density at radius 2 is 1.68 bits per heavy atom. The lowest BCUT2D eigenvalue weighted by Crippen LogP contribution is -2.14. The second-order valence-corrected chi connectivity index (χ2v) is 7.40. The van der Waals surface area contributed by atoms with E-state index in [2.05, 4.69) is 9.71 Å². The molecule has 1 aromatic heterocycles. The summed E-state index contributed by atoms with van der Waals surface area (Å²) in [6.07, 6.45) is 1.64. The summed E-state index contributed by atoms with van der Waals surface area (Å²) < 4.78 is 27.4. The maximum absolute atomic E-state index is 12.4. The molecule has 0 radical (unpaired) electrons. The van der Waals surface area contributed by atoms with Gasteiger partial charge in [0.1, 0.15) is 5.82 Å². The van der Waals surface area contributed by atoms with E-state index in [4.69, 9.17) is 0 Å². The van der Waals surface area contributed by atoms with Crippen LogP contribution >= 0.6 is 0 Å². The standard InChI is InChI=1S/C19H19N3O2S/c1-15-7-6-10-18(13-15)25(23,24)21-19-12-11-17(14-20-19)22(2)16-8-4-3-5-9-16/h3-14H,1-2H3,(H,20,21). The first-order valence-electron chi connectivity index (χ1n) is 7.80. The minimum atomic E-state index is -3.65. The fourth-order valence-electron chi connectivity index (χ4n) is 2.42. The number of hydrogen-bond acceptors (Lipinski definition) is 4. The van der Waals surface area contributed by atoms with E-state index >= 15 is 0 Å². The third-order valence-corrected chi connectivity index (χ3v) is 5.17. The zero-order valence-corrected chi connectivity index (χ0v) is 14.9. The Morgan fingerprint density at radius 3 is 2.32 bits per heavy atom. The van der Waals surface area contributed by atoms with Crippen molar-refractivity contribution in [3.05, 3.63) is 78.5 Å². The number of para-hydroxylation sites is 1. The quantitative estimate of drug-likeness (QED) is 0.754. The average Bonchev–Trinajstić information content (AvgIpc) is 2.62. The zero-order chi connectivity index (χ0) is 17.9. The molecule has 6 heteroatoms. The Bertz CT molecular complexity index is 955. The summed E-state index contributed by atoms with van der Waals surface area (Å²) in [7, 11) is -1.71. The summed E-state index contributed by atoms with van der Waals surface area (Å²) >= 11 is 0. The molecule has 3 rings (SSSR count). The van der Waals surface area contributed by atoms with Crippen molar-refractivity contribution in [1.82, 2.24) is 4.98 Å². The van der Waals surface area contributed by atoms with E-state index in [1.54, 1.807) is 30.5 Å². The molecule has 0 saturated carbocycles. The Labute approximate surface area is 148 Å². The predicted molar refractivity (Wildman–Crippen MR) is 101 cm³/mol. The van der Waals surface area contributed by atoms with Crippen LogP contribution in [-0.2, 0) is 10.0 Å². The number of aromatic nitrogens is 1. The van der Waals surface area contributed by atoms with Crippen LogP contribution in [0.4, 0.5) is 17.2 Å². The minimum Gasteiger partial charge on any atom is -0.343 e. The lowest BCUT2D eigenvalue weighted by atomic mass is 10.2. The molecule has 1 N–H and O–H groups in total. The Hall–Kier alpha value is -2.86. The normalized spacial score (nSPS) is 11.1. The van der Waals surface area contributed by atoms with Crippen molar-refractivity contribution in [1.29, 1.82) is 0 Å². The topological polar surface area (TPSA) is 62.3 Å². The van der Waals surface area contributed by atoms with Crippen LogP contribution in [0.2, 0.25) is 0 Å². The van der Waals surface area contributed by atoms with Crippen LogP contribution in [-0.4, -0.2) is 20.4 Å². The van der Waals surface area contributed by atoms with Crippen LogP contribution in [0.25, 0.3) is 0 Å². The molecule has 0 aliphatic heterocycles. The molecule has 3 aromatic rings. The van der Waals surface area contributed by atoms with E-state index in [1.807, 2.05) is 61.3 Å². The number of rotatable bonds is 5. The van der Waals surface area contributed by atoms with Gasteiger partial charge in [0.25, 0.3) is 10.0 Å². The van der Waals surface area contributed by atoms with Crippen LogP contribution in [0.1, 0.15) is 5.56 Å². The molecular weight excluding hydrogens is 334 g/mol. The molecule has 1 heterocycles. The first-order valence-corrected chi connectivity index (χ1v) is 9.28. The molecule has 0 spiro atoms. The van der Waals surface area contributed by atoms with Gasteiger partial charge in [-0.15, -0.1) is 0 Å². The Kier molecular flexibility index (Phi) is 4.72. The number of hydrogen-bond donors (Lipinski definition) is 1. The number of sulfonamides is 1. The van der Waals surface area contributed by atoms with Crippen molar-refractivity contribution in [2.75, 3.05) is 16.7 Å². The minimum absolute atomic E-state index is 0.222. The van der Waals surface area contributed by atoms with Crippen molar-refractivity contribution in [2.24, 2.45) is 0 Å². The summed E-state index contributed by atoms with van der Waals surface area (Å²) in [5.41, 5.74) is 2.78. The van der Waals surface area contributed by atoms with Crippen LogP contribution in [0, 0.1) is 6.92 Å². The maximum Gasteiger partial charge on any atom is 0.263 e. The monoisotopic (exact) mass is 353 g/mol. The fourth-order valence-corrected chi connectivity index (χ4v) is 3.54. The molecule has 128 valence electrons. The van der Waals surface area contributed by atoms with Crippen molar-refractivity contribution in [2.45, 2.75) is 11.8 Å². The van der Waals surface area contributed by atoms with Crippen molar-refractivity contribution < 1.29 is 8.42 Å². The molecule has 0 aliphatic carbocycles. The van der Waals surface area contributed by atoms with Crippen LogP contribution in [0.3, 0.4) is 0 Å². The SMILES string of the molecule is Cc1cccc(S(=O)(=O)Nc2ccc(N(C)c3ccccc3)cn2)c1. The first-order chi connectivity index (χ1) is 12.0. The third kappa shape index (κ3) is 3.97. The smallest absolute Gasteiger partial charge is 0.263 e. The number of nitrogens with one attached hydrogen (secondary N) is 1.